The quantitative estimate of drug-likeness (QED) is 0.478. The summed E-state index contributed by atoms with van der Waals surface area (Å²) >= 11 is 8.62. The summed E-state index contributed by atoms with van der Waals surface area (Å²) in [7, 11) is 0. The van der Waals surface area contributed by atoms with Gasteiger partial charge in [0.05, 0.1) is 12.3 Å². The average molecular weight is 509 g/mol. The number of aromatic nitrogens is 1. The van der Waals surface area contributed by atoms with E-state index in [0.29, 0.717) is 19.7 Å². The molecule has 1 aromatic heterocycles. The first-order chi connectivity index (χ1) is 13.6. The van der Waals surface area contributed by atoms with E-state index in [-0.39, 0.29) is 6.09 Å². The molecule has 28 heavy (non-hydrogen) atoms. The molecule has 0 bridgehead atoms. The van der Waals surface area contributed by atoms with E-state index in [9.17, 15) is 4.79 Å². The van der Waals surface area contributed by atoms with E-state index < -0.39 is 0 Å². The van der Waals surface area contributed by atoms with E-state index in [4.69, 9.17) is 21.3 Å². The van der Waals surface area contributed by atoms with Crippen LogP contribution in [0, 0.1) is 3.57 Å². The summed E-state index contributed by atoms with van der Waals surface area (Å²) in [5.41, 5.74) is 7.47. The topological polar surface area (TPSA) is 42.4 Å². The van der Waals surface area contributed by atoms with Crippen LogP contribution < -0.4 is 0 Å². The maximum absolute atomic E-state index is 12.1. The van der Waals surface area contributed by atoms with Crippen LogP contribution in [0.2, 0.25) is 5.02 Å². The highest BCUT2D eigenvalue weighted by Crippen LogP contribution is 2.38. The number of ether oxygens (including phenoxy) is 1. The molecule has 1 aromatic carbocycles. The van der Waals surface area contributed by atoms with Crippen LogP contribution in [0.5, 0.6) is 0 Å². The summed E-state index contributed by atoms with van der Waals surface area (Å²) in [5, 5.41) is 0.772. The number of carbonyl (C=O) groups excluding carboxylic acids is 1. The molecule has 4 rings (SSSR count). The van der Waals surface area contributed by atoms with Crippen molar-refractivity contribution in [3.8, 4) is 0 Å². The highest BCUT2D eigenvalue weighted by Gasteiger charge is 2.27. The molecule has 1 aliphatic carbocycles. The van der Waals surface area contributed by atoms with E-state index in [1.54, 1.807) is 4.90 Å². The number of nitrogens with zero attached hydrogens (tertiary/aromatic N) is 2. The van der Waals surface area contributed by atoms with Gasteiger partial charge < -0.3 is 9.64 Å². The van der Waals surface area contributed by atoms with Gasteiger partial charge in [0.2, 0.25) is 0 Å². The van der Waals surface area contributed by atoms with Crippen molar-refractivity contribution in [2.24, 2.45) is 0 Å². The van der Waals surface area contributed by atoms with Gasteiger partial charge in [-0.25, -0.2) is 4.79 Å². The van der Waals surface area contributed by atoms with Gasteiger partial charge in [0.1, 0.15) is 0 Å². The Bertz CT molecular complexity index is 892. The Kier molecular flexibility index (Phi) is 5.92. The maximum atomic E-state index is 12.1. The van der Waals surface area contributed by atoms with Gasteiger partial charge in [-0.05, 0) is 90.1 Å². The molecule has 2 aromatic rings. The predicted octanol–water partition coefficient (Wildman–Crippen LogP) is 5.49. The number of likely N-dealkylation sites (tertiary alicyclic amines) is 1. The van der Waals surface area contributed by atoms with Crippen molar-refractivity contribution in [1.82, 2.24) is 9.88 Å². The lowest BCUT2D eigenvalue weighted by Gasteiger charge is -2.29. The van der Waals surface area contributed by atoms with Gasteiger partial charge in [-0.2, -0.15) is 0 Å². The van der Waals surface area contributed by atoms with E-state index in [1.165, 1.54) is 27.8 Å². The summed E-state index contributed by atoms with van der Waals surface area (Å²) in [6, 6.07) is 8.42. The van der Waals surface area contributed by atoms with Crippen LogP contribution in [0.3, 0.4) is 0 Å². The Morgan fingerprint density at radius 1 is 1.18 bits per heavy atom. The Hall–Kier alpha value is -1.60. The van der Waals surface area contributed by atoms with Crippen molar-refractivity contribution in [2.45, 2.75) is 32.6 Å². The van der Waals surface area contributed by atoms with Crippen molar-refractivity contribution in [3.05, 3.63) is 67.0 Å². The zero-order valence-corrected chi connectivity index (χ0v) is 18.7. The van der Waals surface area contributed by atoms with Crippen molar-refractivity contribution in [3.63, 3.8) is 0 Å². The zero-order chi connectivity index (χ0) is 19.7. The van der Waals surface area contributed by atoms with Gasteiger partial charge in [0, 0.05) is 33.5 Å². The molecule has 0 radical (unpaired) electrons. The van der Waals surface area contributed by atoms with Crippen molar-refractivity contribution in [2.75, 3.05) is 19.7 Å². The Labute approximate surface area is 184 Å². The van der Waals surface area contributed by atoms with Gasteiger partial charge in [-0.1, -0.05) is 23.2 Å². The van der Waals surface area contributed by atoms with Crippen LogP contribution in [-0.2, 0) is 17.6 Å². The highest BCUT2D eigenvalue weighted by atomic mass is 127. The van der Waals surface area contributed by atoms with E-state index in [2.05, 4.69) is 40.8 Å². The number of hydrogen-bond acceptors (Lipinski definition) is 3. The molecule has 6 heteroatoms. The summed E-state index contributed by atoms with van der Waals surface area (Å²) < 4.78 is 6.32. The molecule has 2 aliphatic rings. The van der Waals surface area contributed by atoms with Gasteiger partial charge in [0.25, 0.3) is 0 Å². The minimum Gasteiger partial charge on any atom is -0.450 e. The van der Waals surface area contributed by atoms with E-state index in [1.807, 2.05) is 19.2 Å². The van der Waals surface area contributed by atoms with Crippen LogP contribution in [0.15, 0.2) is 36.0 Å². The molecule has 0 atom stereocenters. The molecular formula is C22H22ClIN2O2. The third kappa shape index (κ3) is 3.92. The highest BCUT2D eigenvalue weighted by molar-refractivity contribution is 14.1. The summed E-state index contributed by atoms with van der Waals surface area (Å²) in [4.78, 5) is 18.7. The van der Waals surface area contributed by atoms with Gasteiger partial charge >= 0.3 is 6.09 Å². The van der Waals surface area contributed by atoms with Crippen molar-refractivity contribution in [1.29, 1.82) is 0 Å². The lowest BCUT2D eigenvalue weighted by Crippen LogP contribution is -2.37. The van der Waals surface area contributed by atoms with Crippen molar-refractivity contribution >= 4 is 45.9 Å². The normalized spacial score (nSPS) is 16.3. The van der Waals surface area contributed by atoms with Crippen LogP contribution in [0.1, 0.15) is 42.1 Å². The molecule has 0 unspecified atom stereocenters. The lowest BCUT2D eigenvalue weighted by atomic mass is 9.88. The largest absolute Gasteiger partial charge is 0.450 e. The van der Waals surface area contributed by atoms with Crippen LogP contribution in [-0.4, -0.2) is 35.7 Å². The average Bonchev–Trinajstić information content (AvgIpc) is 2.84. The second kappa shape index (κ2) is 8.41. The maximum Gasteiger partial charge on any atom is 0.409 e. The zero-order valence-electron chi connectivity index (χ0n) is 15.8. The Morgan fingerprint density at radius 2 is 1.93 bits per heavy atom. The molecule has 1 fully saturated rings. The fourth-order valence-corrected chi connectivity index (χ4v) is 4.80. The Morgan fingerprint density at radius 3 is 2.68 bits per heavy atom. The number of fused-ring (bicyclic) bond motifs is 2. The number of halogens is 2. The SMILES string of the molecule is CCOC(=O)N1CCC(=C2c3ccc(Cl)cc3CCc3cc(I)cnc32)CC1. The minimum atomic E-state index is -0.215. The second-order valence-corrected chi connectivity index (χ2v) is 8.81. The summed E-state index contributed by atoms with van der Waals surface area (Å²) in [6.45, 7) is 3.61. The number of hydrogen-bond donors (Lipinski definition) is 0. The molecule has 2 heterocycles. The van der Waals surface area contributed by atoms with Crippen LogP contribution in [0.25, 0.3) is 5.57 Å². The number of amides is 1. The van der Waals surface area contributed by atoms with Crippen molar-refractivity contribution < 1.29 is 9.53 Å². The fraction of sp³-hybridized carbons (Fsp3) is 0.364. The molecule has 1 aliphatic heterocycles. The number of benzene rings is 1. The molecule has 0 spiro atoms. The number of pyridine rings is 1. The number of aryl methyl sites for hydroxylation is 2. The molecule has 1 saturated heterocycles. The third-order valence-corrected chi connectivity index (χ3v) is 6.24. The van der Waals surface area contributed by atoms with Gasteiger partial charge in [-0.15, -0.1) is 0 Å². The number of carbonyl (C=O) groups is 1. The van der Waals surface area contributed by atoms with Crippen LogP contribution in [0.4, 0.5) is 4.79 Å². The summed E-state index contributed by atoms with van der Waals surface area (Å²) in [5.74, 6) is 0. The molecular weight excluding hydrogens is 487 g/mol. The standard InChI is InChI=1S/C22H22ClIN2O2/c1-2-28-22(27)26-9-7-14(8-10-26)20-19-6-5-17(23)11-15(19)3-4-16-12-18(24)13-25-21(16)20/h5-6,11-13H,2-4,7-10H2,1H3. The van der Waals surface area contributed by atoms with Gasteiger partial charge in [-0.3, -0.25) is 4.98 Å². The monoisotopic (exact) mass is 508 g/mol. The third-order valence-electron chi connectivity index (χ3n) is 5.42. The van der Waals surface area contributed by atoms with E-state index in [0.717, 1.165) is 40.0 Å². The van der Waals surface area contributed by atoms with Crippen LogP contribution >= 0.6 is 34.2 Å². The molecule has 4 nitrogen and oxygen atoms in total. The fourth-order valence-electron chi connectivity index (χ4n) is 4.09. The smallest absolute Gasteiger partial charge is 0.409 e. The summed E-state index contributed by atoms with van der Waals surface area (Å²) in [6.07, 6.45) is 5.31. The molecule has 0 saturated carbocycles. The second-order valence-electron chi connectivity index (χ2n) is 7.13. The number of piperidine rings is 1. The Balaban J connectivity index is 1.77. The lowest BCUT2D eigenvalue weighted by molar-refractivity contribution is 0.104. The first-order valence-electron chi connectivity index (χ1n) is 9.64. The molecule has 146 valence electrons. The van der Waals surface area contributed by atoms with Gasteiger partial charge in [0.15, 0.2) is 0 Å². The number of rotatable bonds is 1. The predicted molar refractivity (Wildman–Crippen MR) is 120 cm³/mol. The first kappa shape index (κ1) is 19.7. The molecule has 1 amide bonds. The first-order valence-corrected chi connectivity index (χ1v) is 11.1. The molecule has 0 N–H and O–H groups in total. The van der Waals surface area contributed by atoms with E-state index >= 15 is 0 Å². The minimum absolute atomic E-state index is 0.215.